The first kappa shape index (κ1) is 16.8. The summed E-state index contributed by atoms with van der Waals surface area (Å²) in [6.45, 7) is 2.48. The molecule has 0 spiro atoms. The molecule has 0 unspecified atom stereocenters. The Morgan fingerprint density at radius 3 is 2.67 bits per heavy atom. The average Bonchev–Trinajstić information content (AvgIpc) is 2.91. The number of hydrogen-bond acceptors (Lipinski definition) is 5. The molecule has 0 bridgehead atoms. The summed E-state index contributed by atoms with van der Waals surface area (Å²) in [6, 6.07) is 6.52. The van der Waals surface area contributed by atoms with E-state index >= 15 is 0 Å². The molecule has 1 aliphatic heterocycles. The van der Waals surface area contributed by atoms with Crippen molar-refractivity contribution in [2.45, 2.75) is 37.6 Å². The van der Waals surface area contributed by atoms with Crippen molar-refractivity contribution >= 4 is 5.97 Å². The summed E-state index contributed by atoms with van der Waals surface area (Å²) >= 11 is 0. The maximum Gasteiger partial charge on any atom is 0.307 e. The number of fused-ring (bicyclic) bond motifs is 1. The average molecular weight is 331 g/mol. The van der Waals surface area contributed by atoms with Crippen LogP contribution in [0.15, 0.2) is 30.0 Å². The van der Waals surface area contributed by atoms with Gasteiger partial charge in [0.15, 0.2) is 11.5 Å². The molecule has 0 N–H and O–H groups in total. The van der Waals surface area contributed by atoms with Gasteiger partial charge in [0.2, 0.25) is 0 Å². The van der Waals surface area contributed by atoms with E-state index in [0.717, 1.165) is 43.1 Å². The minimum atomic E-state index is -0.250. The summed E-state index contributed by atoms with van der Waals surface area (Å²) in [7, 11) is 5.46. The molecule has 0 radical (unpaired) electrons. The third-order valence-corrected chi connectivity index (χ3v) is 5.40. The lowest BCUT2D eigenvalue weighted by Gasteiger charge is -2.40. The van der Waals surface area contributed by atoms with Crippen LogP contribution in [-0.2, 0) is 14.9 Å². The SMILES string of the molecule is COc1ccc([C@@]23CC=C(OC(C)=O)C[C@@H]2N(C)CC3)cc1OC. The van der Waals surface area contributed by atoms with Gasteiger partial charge in [-0.25, -0.2) is 0 Å². The van der Waals surface area contributed by atoms with Crippen molar-refractivity contribution in [1.29, 1.82) is 0 Å². The predicted molar refractivity (Wildman–Crippen MR) is 91.3 cm³/mol. The van der Waals surface area contributed by atoms with Gasteiger partial charge in [0.25, 0.3) is 0 Å². The monoisotopic (exact) mass is 331 g/mol. The van der Waals surface area contributed by atoms with E-state index in [1.807, 2.05) is 6.07 Å². The van der Waals surface area contributed by atoms with Gasteiger partial charge in [-0.05, 0) is 50.2 Å². The molecule has 5 heteroatoms. The molecule has 0 aromatic heterocycles. The van der Waals surface area contributed by atoms with E-state index in [-0.39, 0.29) is 11.4 Å². The number of ether oxygens (including phenoxy) is 3. The second-order valence-electron chi connectivity index (χ2n) is 6.64. The fraction of sp³-hybridized carbons (Fsp3) is 0.526. The van der Waals surface area contributed by atoms with Crippen LogP contribution in [0.2, 0.25) is 0 Å². The second-order valence-corrected chi connectivity index (χ2v) is 6.64. The van der Waals surface area contributed by atoms with Crippen molar-refractivity contribution in [1.82, 2.24) is 4.90 Å². The number of esters is 1. The fourth-order valence-electron chi connectivity index (χ4n) is 4.15. The molecule has 3 rings (SSSR count). The fourth-order valence-corrected chi connectivity index (χ4v) is 4.15. The van der Waals surface area contributed by atoms with Crippen LogP contribution in [0.3, 0.4) is 0 Å². The van der Waals surface area contributed by atoms with E-state index in [1.54, 1.807) is 14.2 Å². The second kappa shape index (κ2) is 6.48. The first-order valence-electron chi connectivity index (χ1n) is 8.30. The third kappa shape index (κ3) is 2.77. The molecule has 2 aliphatic rings. The molecule has 1 aliphatic carbocycles. The van der Waals surface area contributed by atoms with Gasteiger partial charge in [0, 0.05) is 24.8 Å². The molecule has 1 saturated heterocycles. The maximum atomic E-state index is 11.3. The predicted octanol–water partition coefficient (Wildman–Crippen LogP) is 2.89. The molecule has 2 atom stereocenters. The normalized spacial score (nSPS) is 26.5. The molecule has 1 heterocycles. The van der Waals surface area contributed by atoms with E-state index in [4.69, 9.17) is 14.2 Å². The number of carbonyl (C=O) groups excluding carboxylic acids is 1. The van der Waals surface area contributed by atoms with Gasteiger partial charge in [0.1, 0.15) is 5.76 Å². The Balaban J connectivity index is 1.98. The minimum absolute atomic E-state index is 0.0257. The highest BCUT2D eigenvalue weighted by Crippen LogP contribution is 2.49. The van der Waals surface area contributed by atoms with E-state index < -0.39 is 0 Å². The first-order chi connectivity index (χ1) is 11.5. The van der Waals surface area contributed by atoms with Gasteiger partial charge >= 0.3 is 5.97 Å². The zero-order chi connectivity index (χ0) is 17.3. The van der Waals surface area contributed by atoms with Crippen molar-refractivity contribution < 1.29 is 19.0 Å². The Kier molecular flexibility index (Phi) is 4.54. The van der Waals surface area contributed by atoms with Crippen molar-refractivity contribution in [3.8, 4) is 11.5 Å². The van der Waals surface area contributed by atoms with Crippen LogP contribution in [0.5, 0.6) is 11.5 Å². The van der Waals surface area contributed by atoms with Crippen molar-refractivity contribution in [3.63, 3.8) is 0 Å². The topological polar surface area (TPSA) is 48.0 Å². The molecule has 130 valence electrons. The van der Waals surface area contributed by atoms with Crippen molar-refractivity contribution in [2.75, 3.05) is 27.8 Å². The highest BCUT2D eigenvalue weighted by molar-refractivity contribution is 5.67. The number of likely N-dealkylation sites (tertiary alicyclic amines) is 1. The van der Waals surface area contributed by atoms with E-state index in [9.17, 15) is 4.79 Å². The quantitative estimate of drug-likeness (QED) is 0.794. The summed E-state index contributed by atoms with van der Waals surface area (Å²) in [5, 5.41) is 0. The van der Waals surface area contributed by atoms with Gasteiger partial charge < -0.3 is 19.1 Å². The number of likely N-dealkylation sites (N-methyl/N-ethyl adjacent to an activating group) is 1. The number of nitrogens with zero attached hydrogens (tertiary/aromatic N) is 1. The number of rotatable bonds is 4. The highest BCUT2D eigenvalue weighted by atomic mass is 16.5. The number of hydrogen-bond donors (Lipinski definition) is 0. The van der Waals surface area contributed by atoms with Gasteiger partial charge in [-0.3, -0.25) is 4.79 Å². The van der Waals surface area contributed by atoms with E-state index in [0.29, 0.717) is 6.04 Å². The molecular weight excluding hydrogens is 306 g/mol. The Morgan fingerprint density at radius 1 is 1.25 bits per heavy atom. The Hall–Kier alpha value is -2.01. The molecule has 24 heavy (non-hydrogen) atoms. The Labute approximate surface area is 143 Å². The van der Waals surface area contributed by atoms with Crippen LogP contribution in [-0.4, -0.2) is 44.7 Å². The third-order valence-electron chi connectivity index (χ3n) is 5.40. The molecule has 1 fully saturated rings. The lowest BCUT2D eigenvalue weighted by atomic mass is 9.68. The number of carbonyl (C=O) groups is 1. The number of benzene rings is 1. The smallest absolute Gasteiger partial charge is 0.307 e. The molecule has 1 aromatic carbocycles. The summed E-state index contributed by atoms with van der Waals surface area (Å²) in [6.07, 6.45) is 4.77. The standard InChI is InChI=1S/C19H25NO4/c1-13(21)24-15-7-8-19(9-10-20(2)18(19)12-15)14-5-6-16(22-3)17(11-14)23-4/h5-7,11,18H,8-10,12H2,1-4H3/t18-,19-/m0/s1. The minimum Gasteiger partial charge on any atom is -0.493 e. The van der Waals surface area contributed by atoms with E-state index in [1.165, 1.54) is 12.5 Å². The molecule has 0 saturated carbocycles. The number of methoxy groups -OCH3 is 2. The first-order valence-corrected chi connectivity index (χ1v) is 8.30. The van der Waals surface area contributed by atoms with Gasteiger partial charge in [-0.2, -0.15) is 0 Å². The van der Waals surface area contributed by atoms with Crippen LogP contribution in [0.25, 0.3) is 0 Å². The molecule has 5 nitrogen and oxygen atoms in total. The van der Waals surface area contributed by atoms with Crippen molar-refractivity contribution in [2.24, 2.45) is 0 Å². The van der Waals surface area contributed by atoms with Gasteiger partial charge in [-0.1, -0.05) is 6.07 Å². The summed E-state index contributed by atoms with van der Waals surface area (Å²) in [5.74, 6) is 2.04. The Bertz CT molecular complexity index is 669. The highest BCUT2D eigenvalue weighted by Gasteiger charge is 2.49. The van der Waals surface area contributed by atoms with Gasteiger partial charge in [0.05, 0.1) is 14.2 Å². The summed E-state index contributed by atoms with van der Waals surface area (Å²) in [4.78, 5) is 13.7. The van der Waals surface area contributed by atoms with Crippen molar-refractivity contribution in [3.05, 3.63) is 35.6 Å². The van der Waals surface area contributed by atoms with Crippen LogP contribution in [0.1, 0.15) is 31.7 Å². The molecule has 1 aromatic rings. The zero-order valence-electron chi connectivity index (χ0n) is 14.8. The van der Waals surface area contributed by atoms with Crippen LogP contribution in [0.4, 0.5) is 0 Å². The largest absolute Gasteiger partial charge is 0.493 e. The summed E-state index contributed by atoms with van der Waals surface area (Å²) in [5.41, 5.74) is 1.28. The van der Waals surface area contributed by atoms with Gasteiger partial charge in [-0.15, -0.1) is 0 Å². The molecule has 0 amide bonds. The maximum absolute atomic E-state index is 11.3. The lowest BCUT2D eigenvalue weighted by Crippen LogP contribution is -2.43. The lowest BCUT2D eigenvalue weighted by molar-refractivity contribution is -0.137. The van der Waals surface area contributed by atoms with Crippen LogP contribution in [0, 0.1) is 0 Å². The molecular formula is C19H25NO4. The number of allylic oxidation sites excluding steroid dienone is 1. The van der Waals surface area contributed by atoms with Crippen LogP contribution >= 0.6 is 0 Å². The van der Waals surface area contributed by atoms with E-state index in [2.05, 4.69) is 30.2 Å². The van der Waals surface area contributed by atoms with Crippen LogP contribution < -0.4 is 9.47 Å². The summed E-state index contributed by atoms with van der Waals surface area (Å²) < 4.78 is 16.2. The zero-order valence-corrected chi connectivity index (χ0v) is 14.8. The Morgan fingerprint density at radius 2 is 2.00 bits per heavy atom.